The lowest BCUT2D eigenvalue weighted by atomic mass is 9.70. The van der Waals surface area contributed by atoms with Gasteiger partial charge in [-0.1, -0.05) is 12.6 Å². The Hall–Kier alpha value is -3.80. The Bertz CT molecular complexity index is 1550. The summed E-state index contributed by atoms with van der Waals surface area (Å²) >= 11 is 1.20. The lowest BCUT2D eigenvalue weighted by Gasteiger charge is -2.37. The number of piperidine rings is 1. The van der Waals surface area contributed by atoms with E-state index < -0.39 is 17.4 Å². The van der Waals surface area contributed by atoms with Crippen molar-refractivity contribution in [3.05, 3.63) is 64.2 Å². The fourth-order valence-electron chi connectivity index (χ4n) is 5.76. The van der Waals surface area contributed by atoms with Crippen LogP contribution in [-0.2, 0) is 15.1 Å². The number of aromatic nitrogens is 1. The number of carbonyl (C=O) groups is 3. The fraction of sp³-hybridized carbons (Fsp3) is 0.379. The number of ether oxygens (including phenoxy) is 1. The SMILES string of the molecule is C=CC(=O)N1CCCC(NC(=O)c2sc3c(N)ccc4c3c2C(N)C(=O)C4(N)c2ccc(OC(C)C)nc2C)C1. The van der Waals surface area contributed by atoms with Crippen molar-refractivity contribution < 1.29 is 19.1 Å². The first-order chi connectivity index (χ1) is 19.0. The number of nitrogens with zero attached hydrogens (tertiary/aromatic N) is 2. The van der Waals surface area contributed by atoms with E-state index >= 15 is 0 Å². The summed E-state index contributed by atoms with van der Waals surface area (Å²) in [5.74, 6) is -0.545. The number of nitrogen functional groups attached to an aromatic ring is 1. The maximum absolute atomic E-state index is 14.0. The number of thiophene rings is 1. The molecule has 1 fully saturated rings. The highest BCUT2D eigenvalue weighted by molar-refractivity contribution is 7.21. The summed E-state index contributed by atoms with van der Waals surface area (Å²) < 4.78 is 6.36. The average Bonchev–Trinajstić information content (AvgIpc) is 3.33. The first-order valence-corrected chi connectivity index (χ1v) is 14.1. The zero-order chi connectivity index (χ0) is 28.9. The minimum Gasteiger partial charge on any atom is -0.475 e. The molecule has 40 heavy (non-hydrogen) atoms. The summed E-state index contributed by atoms with van der Waals surface area (Å²) in [6.07, 6.45) is 2.68. The maximum atomic E-state index is 14.0. The highest BCUT2D eigenvalue weighted by Crippen LogP contribution is 2.49. The zero-order valence-corrected chi connectivity index (χ0v) is 23.6. The number of hydrogen-bond donors (Lipinski definition) is 4. The standard InChI is InChI=1S/C29H34N6O4S/c1-5-21(36)35-12-6-7-16(13-35)34-28(38)26-23-22-18(8-10-19(30)25(22)40-26)29(32,27(37)24(23)31)17-9-11-20(33-15(17)4)39-14(2)3/h5,8-11,14,16,24H,1,6-7,12-13,30-32H2,2-4H3,(H,34,38). The van der Waals surface area contributed by atoms with Crippen LogP contribution in [0.3, 0.4) is 0 Å². The fourth-order valence-corrected chi connectivity index (χ4v) is 6.97. The van der Waals surface area contributed by atoms with Crippen molar-refractivity contribution in [2.24, 2.45) is 11.5 Å². The van der Waals surface area contributed by atoms with E-state index in [0.717, 1.165) is 12.8 Å². The topological polar surface area (TPSA) is 167 Å². The number of anilines is 1. The maximum Gasteiger partial charge on any atom is 0.262 e. The first-order valence-electron chi connectivity index (χ1n) is 13.3. The molecule has 0 saturated carbocycles. The van der Waals surface area contributed by atoms with Gasteiger partial charge in [0, 0.05) is 53.1 Å². The molecule has 1 aliphatic heterocycles. The number of pyridine rings is 1. The Morgan fingerprint density at radius 2 is 2.00 bits per heavy atom. The molecule has 3 aromatic rings. The third-order valence-corrected chi connectivity index (χ3v) is 8.86. The lowest BCUT2D eigenvalue weighted by molar-refractivity contribution is -0.127. The molecular weight excluding hydrogens is 528 g/mol. The molecule has 0 radical (unpaired) electrons. The van der Waals surface area contributed by atoms with Crippen molar-refractivity contribution >= 4 is 44.7 Å². The van der Waals surface area contributed by atoms with Gasteiger partial charge in [-0.25, -0.2) is 4.98 Å². The molecule has 10 nitrogen and oxygen atoms in total. The monoisotopic (exact) mass is 562 g/mol. The van der Waals surface area contributed by atoms with E-state index in [1.54, 1.807) is 36.1 Å². The normalized spacial score (nSPS) is 22.4. The van der Waals surface area contributed by atoms with Gasteiger partial charge in [-0.05, 0) is 57.4 Å². The lowest BCUT2D eigenvalue weighted by Crippen LogP contribution is -2.53. The number of hydrogen-bond acceptors (Lipinski definition) is 9. The Balaban J connectivity index is 1.58. The number of likely N-dealkylation sites (tertiary alicyclic amines) is 1. The van der Waals surface area contributed by atoms with Gasteiger partial charge >= 0.3 is 0 Å². The van der Waals surface area contributed by atoms with E-state index in [-0.39, 0.29) is 24.0 Å². The van der Waals surface area contributed by atoms with Crippen LogP contribution in [0.15, 0.2) is 36.9 Å². The second kappa shape index (κ2) is 10.3. The highest BCUT2D eigenvalue weighted by atomic mass is 32.1. The molecule has 1 aromatic carbocycles. The molecule has 0 bridgehead atoms. The van der Waals surface area contributed by atoms with Crippen LogP contribution in [0.2, 0.25) is 0 Å². The summed E-state index contributed by atoms with van der Waals surface area (Å²) in [5.41, 5.74) is 20.8. The summed E-state index contributed by atoms with van der Waals surface area (Å²) in [5, 5.41) is 3.67. The van der Waals surface area contributed by atoms with Crippen LogP contribution in [0, 0.1) is 6.92 Å². The second-order valence-electron chi connectivity index (χ2n) is 10.7. The second-order valence-corrected chi connectivity index (χ2v) is 11.7. The molecule has 2 aliphatic rings. The van der Waals surface area contributed by atoms with E-state index in [2.05, 4.69) is 16.9 Å². The van der Waals surface area contributed by atoms with Gasteiger partial charge in [0.05, 0.1) is 21.7 Å². The molecular formula is C29H34N6O4S. The van der Waals surface area contributed by atoms with Crippen LogP contribution >= 0.6 is 11.3 Å². The van der Waals surface area contributed by atoms with Gasteiger partial charge in [-0.15, -0.1) is 11.3 Å². The van der Waals surface area contributed by atoms with Gasteiger partial charge in [0.2, 0.25) is 11.8 Å². The molecule has 1 aliphatic carbocycles. The number of ketones is 1. The van der Waals surface area contributed by atoms with Crippen molar-refractivity contribution in [2.75, 3.05) is 18.8 Å². The zero-order valence-electron chi connectivity index (χ0n) is 22.8. The molecule has 7 N–H and O–H groups in total. The largest absolute Gasteiger partial charge is 0.475 e. The molecule has 3 atom stereocenters. The number of rotatable bonds is 6. The van der Waals surface area contributed by atoms with Gasteiger partial charge in [0.25, 0.3) is 5.91 Å². The molecule has 2 amide bonds. The first kappa shape index (κ1) is 27.8. The van der Waals surface area contributed by atoms with Gasteiger partial charge in [-0.3, -0.25) is 14.4 Å². The van der Waals surface area contributed by atoms with Crippen LogP contribution in [0.1, 0.15) is 64.8 Å². The molecule has 210 valence electrons. The summed E-state index contributed by atoms with van der Waals surface area (Å²) in [7, 11) is 0. The quantitative estimate of drug-likeness (QED) is 0.263. The van der Waals surface area contributed by atoms with Crippen LogP contribution in [0.25, 0.3) is 10.1 Å². The van der Waals surface area contributed by atoms with E-state index in [9.17, 15) is 14.4 Å². The summed E-state index contributed by atoms with van der Waals surface area (Å²) in [6, 6.07) is 5.46. The van der Waals surface area contributed by atoms with Gasteiger partial charge in [0.15, 0.2) is 5.78 Å². The number of nitrogens with one attached hydrogen (secondary N) is 1. The molecule has 3 unspecified atom stereocenters. The van der Waals surface area contributed by atoms with Gasteiger partial charge in [-0.2, -0.15) is 0 Å². The van der Waals surface area contributed by atoms with E-state index in [1.807, 2.05) is 13.8 Å². The average molecular weight is 563 g/mol. The molecule has 3 heterocycles. The number of aryl methyl sites for hydroxylation is 1. The van der Waals surface area contributed by atoms with Crippen molar-refractivity contribution in [2.45, 2.75) is 57.3 Å². The van der Waals surface area contributed by atoms with Crippen LogP contribution < -0.4 is 27.3 Å². The van der Waals surface area contributed by atoms with Crippen molar-refractivity contribution in [1.82, 2.24) is 15.2 Å². The van der Waals surface area contributed by atoms with Crippen molar-refractivity contribution in [1.29, 1.82) is 0 Å². The predicted molar refractivity (Wildman–Crippen MR) is 155 cm³/mol. The predicted octanol–water partition coefficient (Wildman–Crippen LogP) is 2.67. The van der Waals surface area contributed by atoms with Crippen LogP contribution in [0.4, 0.5) is 5.69 Å². The van der Waals surface area contributed by atoms with E-state index in [1.165, 1.54) is 17.4 Å². The summed E-state index contributed by atoms with van der Waals surface area (Å²) in [4.78, 5) is 46.3. The van der Waals surface area contributed by atoms with E-state index in [0.29, 0.717) is 62.0 Å². The Kier molecular flexibility index (Phi) is 7.15. The smallest absolute Gasteiger partial charge is 0.262 e. The third kappa shape index (κ3) is 4.43. The summed E-state index contributed by atoms with van der Waals surface area (Å²) in [6.45, 7) is 10.1. The number of carbonyl (C=O) groups excluding carboxylic acids is 3. The van der Waals surface area contributed by atoms with Crippen molar-refractivity contribution in [3.8, 4) is 5.88 Å². The Labute approximate surface area is 236 Å². The van der Waals surface area contributed by atoms with Gasteiger partial charge in [0.1, 0.15) is 5.54 Å². The Morgan fingerprint density at radius 3 is 2.67 bits per heavy atom. The number of Topliss-reactive ketones (excluding diaryl/α,β-unsaturated/α-hetero) is 1. The number of nitrogens with two attached hydrogens (primary N) is 3. The minimum atomic E-state index is -1.60. The van der Waals surface area contributed by atoms with Gasteiger partial charge < -0.3 is 32.2 Å². The number of benzene rings is 1. The highest BCUT2D eigenvalue weighted by Gasteiger charge is 2.49. The molecule has 11 heteroatoms. The number of amides is 2. The minimum absolute atomic E-state index is 0.0665. The van der Waals surface area contributed by atoms with Crippen LogP contribution in [-0.4, -0.2) is 52.7 Å². The molecule has 0 spiro atoms. The van der Waals surface area contributed by atoms with E-state index in [4.69, 9.17) is 21.9 Å². The molecule has 5 rings (SSSR count). The molecule has 2 aromatic heterocycles. The van der Waals surface area contributed by atoms with Crippen molar-refractivity contribution in [3.63, 3.8) is 0 Å². The van der Waals surface area contributed by atoms with Crippen LogP contribution in [0.5, 0.6) is 5.88 Å². The molecule has 1 saturated heterocycles. The third-order valence-electron chi connectivity index (χ3n) is 7.60. The Morgan fingerprint density at radius 1 is 1.27 bits per heavy atom.